The summed E-state index contributed by atoms with van der Waals surface area (Å²) < 4.78 is 25.0. The van der Waals surface area contributed by atoms with Gasteiger partial charge in [0, 0.05) is 24.2 Å². The Balaban J connectivity index is 0.000000948. The SMILES string of the molecule is CC.Cc1cc2c(cc1F)-c1ccc(C(=O)N3CCOCC3)cc1CO2. The van der Waals surface area contributed by atoms with Gasteiger partial charge in [0.15, 0.2) is 0 Å². The Bertz CT molecular complexity index is 813. The molecule has 2 aliphatic rings. The van der Waals surface area contributed by atoms with Crippen LogP contribution in [0, 0.1) is 12.7 Å². The number of morpholine rings is 1. The molecule has 2 aliphatic heterocycles. The average molecular weight is 357 g/mol. The molecule has 2 heterocycles. The number of carbonyl (C=O) groups excluding carboxylic acids is 1. The van der Waals surface area contributed by atoms with Crippen molar-refractivity contribution in [2.45, 2.75) is 27.4 Å². The van der Waals surface area contributed by atoms with Gasteiger partial charge in [-0.3, -0.25) is 4.79 Å². The molecule has 0 bridgehead atoms. The molecule has 1 fully saturated rings. The zero-order valence-electron chi connectivity index (χ0n) is 15.5. The van der Waals surface area contributed by atoms with Crippen LogP contribution in [0.4, 0.5) is 4.39 Å². The first-order valence-corrected chi connectivity index (χ1v) is 9.07. The van der Waals surface area contributed by atoms with Gasteiger partial charge in [-0.25, -0.2) is 4.39 Å². The third kappa shape index (κ3) is 3.44. The Morgan fingerprint density at radius 1 is 1.08 bits per heavy atom. The van der Waals surface area contributed by atoms with Gasteiger partial charge in [-0.05, 0) is 47.9 Å². The van der Waals surface area contributed by atoms with E-state index < -0.39 is 0 Å². The molecule has 2 aromatic carbocycles. The maximum Gasteiger partial charge on any atom is 0.254 e. The zero-order chi connectivity index (χ0) is 18.7. The predicted molar refractivity (Wildman–Crippen MR) is 99.0 cm³/mol. The lowest BCUT2D eigenvalue weighted by Crippen LogP contribution is -2.40. The molecule has 138 valence electrons. The van der Waals surface area contributed by atoms with E-state index in [4.69, 9.17) is 9.47 Å². The fourth-order valence-corrected chi connectivity index (χ4v) is 3.20. The molecule has 26 heavy (non-hydrogen) atoms. The van der Waals surface area contributed by atoms with Crippen molar-refractivity contribution < 1.29 is 18.7 Å². The van der Waals surface area contributed by atoms with Crippen molar-refractivity contribution >= 4 is 5.91 Å². The van der Waals surface area contributed by atoms with Gasteiger partial charge in [0.05, 0.1) is 13.2 Å². The lowest BCUT2D eigenvalue weighted by molar-refractivity contribution is 0.0303. The lowest BCUT2D eigenvalue weighted by Gasteiger charge is -2.27. The molecule has 0 aliphatic carbocycles. The molecule has 2 aromatic rings. The zero-order valence-corrected chi connectivity index (χ0v) is 15.5. The first-order valence-electron chi connectivity index (χ1n) is 9.07. The molecule has 0 N–H and O–H groups in total. The Kier molecular flexibility index (Phi) is 5.57. The normalized spacial score (nSPS) is 15.2. The number of nitrogens with zero attached hydrogens (tertiary/aromatic N) is 1. The van der Waals surface area contributed by atoms with Crippen LogP contribution >= 0.6 is 0 Å². The van der Waals surface area contributed by atoms with Crippen LogP contribution in [0.2, 0.25) is 0 Å². The van der Waals surface area contributed by atoms with E-state index in [9.17, 15) is 9.18 Å². The summed E-state index contributed by atoms with van der Waals surface area (Å²) in [5.41, 5.74) is 3.77. The van der Waals surface area contributed by atoms with Gasteiger partial charge < -0.3 is 14.4 Å². The van der Waals surface area contributed by atoms with Crippen molar-refractivity contribution in [2.75, 3.05) is 26.3 Å². The van der Waals surface area contributed by atoms with Crippen LogP contribution in [0.3, 0.4) is 0 Å². The summed E-state index contributed by atoms with van der Waals surface area (Å²) in [6.45, 7) is 8.48. The number of hydrogen-bond acceptors (Lipinski definition) is 3. The highest BCUT2D eigenvalue weighted by molar-refractivity contribution is 5.95. The van der Waals surface area contributed by atoms with E-state index >= 15 is 0 Å². The van der Waals surface area contributed by atoms with Crippen LogP contribution in [-0.4, -0.2) is 37.1 Å². The monoisotopic (exact) mass is 357 g/mol. The molecule has 1 saturated heterocycles. The summed E-state index contributed by atoms with van der Waals surface area (Å²) in [6, 6.07) is 8.78. The number of halogens is 1. The van der Waals surface area contributed by atoms with Crippen LogP contribution in [0.25, 0.3) is 11.1 Å². The van der Waals surface area contributed by atoms with Crippen molar-refractivity contribution in [1.82, 2.24) is 4.90 Å². The Morgan fingerprint density at radius 2 is 1.81 bits per heavy atom. The van der Waals surface area contributed by atoms with Crippen LogP contribution < -0.4 is 4.74 Å². The molecule has 0 aromatic heterocycles. The number of carbonyl (C=O) groups is 1. The highest BCUT2D eigenvalue weighted by Gasteiger charge is 2.23. The highest BCUT2D eigenvalue weighted by Crippen LogP contribution is 2.39. The quantitative estimate of drug-likeness (QED) is 0.768. The second-order valence-corrected chi connectivity index (χ2v) is 6.16. The summed E-state index contributed by atoms with van der Waals surface area (Å²) in [5.74, 6) is 0.439. The fraction of sp³-hybridized carbons (Fsp3) is 0.381. The van der Waals surface area contributed by atoms with Crippen LogP contribution in [0.15, 0.2) is 30.3 Å². The number of rotatable bonds is 1. The number of ether oxygens (including phenoxy) is 2. The smallest absolute Gasteiger partial charge is 0.254 e. The second kappa shape index (κ2) is 7.87. The standard InChI is InChI=1S/C19H18FNO3.C2H6/c1-12-8-18-16(10-17(12)20)15-3-2-13(9-14(15)11-24-18)19(22)21-4-6-23-7-5-21;1-2/h2-3,8-10H,4-7,11H2,1H3;1-2H3. The first-order chi connectivity index (χ1) is 12.6. The van der Waals surface area contributed by atoms with E-state index in [0.29, 0.717) is 49.8 Å². The Morgan fingerprint density at radius 3 is 2.54 bits per heavy atom. The Labute approximate surface area is 153 Å². The van der Waals surface area contributed by atoms with E-state index in [-0.39, 0.29) is 11.7 Å². The molecule has 5 heteroatoms. The van der Waals surface area contributed by atoms with Crippen molar-refractivity contribution in [3.05, 3.63) is 52.8 Å². The van der Waals surface area contributed by atoms with Crippen molar-refractivity contribution in [2.24, 2.45) is 0 Å². The lowest BCUT2D eigenvalue weighted by atomic mass is 9.94. The van der Waals surface area contributed by atoms with Gasteiger partial charge in [-0.15, -0.1) is 0 Å². The molecule has 1 amide bonds. The fourth-order valence-electron chi connectivity index (χ4n) is 3.20. The summed E-state index contributed by atoms with van der Waals surface area (Å²) in [6.07, 6.45) is 0. The minimum atomic E-state index is -0.251. The van der Waals surface area contributed by atoms with Gasteiger partial charge in [0.1, 0.15) is 18.2 Å². The number of fused-ring (bicyclic) bond motifs is 3. The largest absolute Gasteiger partial charge is 0.488 e. The minimum absolute atomic E-state index is 0.00184. The van der Waals surface area contributed by atoms with Crippen molar-refractivity contribution in [1.29, 1.82) is 0 Å². The minimum Gasteiger partial charge on any atom is -0.488 e. The molecule has 0 spiro atoms. The molecular weight excluding hydrogens is 333 g/mol. The Hall–Kier alpha value is -2.40. The summed E-state index contributed by atoms with van der Waals surface area (Å²) >= 11 is 0. The van der Waals surface area contributed by atoms with Crippen molar-refractivity contribution in [3.8, 4) is 16.9 Å². The van der Waals surface area contributed by atoms with Crippen LogP contribution in [-0.2, 0) is 11.3 Å². The van der Waals surface area contributed by atoms with Gasteiger partial charge in [0.25, 0.3) is 5.91 Å². The third-order valence-electron chi connectivity index (χ3n) is 4.58. The van der Waals surface area contributed by atoms with E-state index in [2.05, 4.69) is 0 Å². The maximum atomic E-state index is 13.9. The van der Waals surface area contributed by atoms with E-state index in [0.717, 1.165) is 16.7 Å². The van der Waals surface area contributed by atoms with E-state index in [1.165, 1.54) is 6.07 Å². The van der Waals surface area contributed by atoms with Gasteiger partial charge in [0.2, 0.25) is 0 Å². The van der Waals surface area contributed by atoms with Crippen LogP contribution in [0.1, 0.15) is 35.3 Å². The van der Waals surface area contributed by atoms with Crippen LogP contribution in [0.5, 0.6) is 5.75 Å². The first kappa shape index (κ1) is 18.4. The molecule has 0 unspecified atom stereocenters. The van der Waals surface area contributed by atoms with E-state index in [1.54, 1.807) is 17.9 Å². The number of amides is 1. The second-order valence-electron chi connectivity index (χ2n) is 6.16. The third-order valence-corrected chi connectivity index (χ3v) is 4.58. The molecular formula is C21H24FNO3. The molecule has 4 nitrogen and oxygen atoms in total. The summed E-state index contributed by atoms with van der Waals surface area (Å²) in [4.78, 5) is 14.4. The average Bonchev–Trinajstić information content (AvgIpc) is 2.70. The molecule has 4 rings (SSSR count). The van der Waals surface area contributed by atoms with Gasteiger partial charge in [-0.1, -0.05) is 19.9 Å². The topological polar surface area (TPSA) is 38.8 Å². The van der Waals surface area contributed by atoms with Gasteiger partial charge >= 0.3 is 0 Å². The van der Waals surface area contributed by atoms with Crippen molar-refractivity contribution in [3.63, 3.8) is 0 Å². The molecule has 0 radical (unpaired) electrons. The van der Waals surface area contributed by atoms with E-state index in [1.807, 2.05) is 32.0 Å². The highest BCUT2D eigenvalue weighted by atomic mass is 19.1. The number of aryl methyl sites for hydroxylation is 1. The number of hydrogen-bond donors (Lipinski definition) is 0. The predicted octanol–water partition coefficient (Wildman–Crippen LogP) is 4.19. The maximum absolute atomic E-state index is 13.9. The summed E-state index contributed by atoms with van der Waals surface area (Å²) in [7, 11) is 0. The molecule has 0 saturated carbocycles. The van der Waals surface area contributed by atoms with Gasteiger partial charge in [-0.2, -0.15) is 0 Å². The summed E-state index contributed by atoms with van der Waals surface area (Å²) in [5, 5.41) is 0. The molecule has 0 atom stereocenters. The number of benzene rings is 2.